The molecule has 0 aliphatic heterocycles. The molecule has 264 valence electrons. The van der Waals surface area contributed by atoms with E-state index in [0.29, 0.717) is 0 Å². The molecule has 8 aromatic carbocycles. The number of benzene rings is 8. The second kappa shape index (κ2) is 11.7. The fraction of sp³-hybridized carbons (Fsp3) is 0.148. The number of fused-ring (bicyclic) bond motifs is 10. The fourth-order valence-electron chi connectivity index (χ4n) is 10.5. The van der Waals surface area contributed by atoms with E-state index in [9.17, 15) is 0 Å². The van der Waals surface area contributed by atoms with Crippen molar-refractivity contribution in [2.75, 3.05) is 4.90 Å². The third-order valence-corrected chi connectivity index (χ3v) is 13.3. The molecule has 0 fully saturated rings. The predicted molar refractivity (Wildman–Crippen MR) is 231 cm³/mol. The second-order valence-corrected chi connectivity index (χ2v) is 16.9. The van der Waals surface area contributed by atoms with Gasteiger partial charge in [0.1, 0.15) is 0 Å². The quantitative estimate of drug-likeness (QED) is 0.176. The Hall–Kier alpha value is -6.18. The molecule has 0 heterocycles. The molecule has 1 heteroatoms. The molecule has 0 saturated carbocycles. The lowest BCUT2D eigenvalue weighted by molar-refractivity contribution is 0.659. The Morgan fingerprint density at radius 3 is 1.84 bits per heavy atom. The van der Waals surface area contributed by atoms with Gasteiger partial charge in [0.15, 0.2) is 0 Å². The molecule has 0 spiro atoms. The molecule has 3 aliphatic carbocycles. The van der Waals surface area contributed by atoms with E-state index < -0.39 is 0 Å². The Bertz CT molecular complexity index is 2860. The zero-order valence-electron chi connectivity index (χ0n) is 31.9. The monoisotopic (exact) mass is 705 g/mol. The van der Waals surface area contributed by atoms with Crippen LogP contribution >= 0.6 is 0 Å². The van der Waals surface area contributed by atoms with E-state index in [1.165, 1.54) is 100 Å². The first-order chi connectivity index (χ1) is 26.8. The summed E-state index contributed by atoms with van der Waals surface area (Å²) in [6.45, 7) is 9.60. The second-order valence-electron chi connectivity index (χ2n) is 16.9. The minimum absolute atomic E-state index is 0.0947. The summed E-state index contributed by atoms with van der Waals surface area (Å²) in [5, 5.41) is 2.49. The van der Waals surface area contributed by atoms with Gasteiger partial charge in [-0.05, 0) is 114 Å². The highest BCUT2D eigenvalue weighted by molar-refractivity contribution is 6.00. The van der Waals surface area contributed by atoms with Gasteiger partial charge < -0.3 is 4.90 Å². The summed E-state index contributed by atoms with van der Waals surface area (Å²) in [4.78, 5) is 2.51. The van der Waals surface area contributed by atoms with Crippen molar-refractivity contribution < 1.29 is 0 Å². The zero-order chi connectivity index (χ0) is 37.1. The van der Waals surface area contributed by atoms with Crippen LogP contribution in [0.25, 0.3) is 44.2 Å². The normalized spacial score (nSPS) is 16.4. The molecule has 0 saturated heterocycles. The van der Waals surface area contributed by atoms with Crippen LogP contribution in [-0.2, 0) is 17.3 Å². The average Bonchev–Trinajstić information content (AvgIpc) is 3.60. The van der Waals surface area contributed by atoms with Crippen molar-refractivity contribution in [1.29, 1.82) is 0 Å². The molecular weight excluding hydrogens is 663 g/mol. The number of nitrogens with zero attached hydrogens (tertiary/aromatic N) is 1. The maximum Gasteiger partial charge on any atom is 0.0540 e. The predicted octanol–water partition coefficient (Wildman–Crippen LogP) is 14.3. The highest BCUT2D eigenvalue weighted by Gasteiger charge is 2.40. The lowest BCUT2D eigenvalue weighted by atomic mass is 9.73. The van der Waals surface area contributed by atoms with Crippen LogP contribution in [0.3, 0.4) is 0 Å². The summed E-state index contributed by atoms with van der Waals surface area (Å²) >= 11 is 0. The number of anilines is 3. The number of hydrogen-bond donors (Lipinski definition) is 0. The topological polar surface area (TPSA) is 3.24 Å². The minimum atomic E-state index is -0.172. The largest absolute Gasteiger partial charge is 0.310 e. The summed E-state index contributed by atoms with van der Waals surface area (Å²) < 4.78 is 0. The van der Waals surface area contributed by atoms with Crippen LogP contribution in [0.5, 0.6) is 0 Å². The van der Waals surface area contributed by atoms with E-state index in [-0.39, 0.29) is 16.7 Å². The van der Waals surface area contributed by atoms with Crippen molar-refractivity contribution in [3.8, 4) is 33.4 Å². The molecule has 55 heavy (non-hydrogen) atoms. The maximum atomic E-state index is 2.51. The molecule has 0 N–H and O–H groups in total. The van der Waals surface area contributed by atoms with Crippen LogP contribution in [0, 0.1) is 0 Å². The van der Waals surface area contributed by atoms with Crippen molar-refractivity contribution >= 4 is 27.8 Å². The van der Waals surface area contributed by atoms with E-state index in [1.807, 2.05) is 0 Å². The Morgan fingerprint density at radius 1 is 0.436 bits per heavy atom. The van der Waals surface area contributed by atoms with Crippen LogP contribution in [0.4, 0.5) is 17.1 Å². The molecule has 0 amide bonds. The van der Waals surface area contributed by atoms with Crippen LogP contribution in [0.15, 0.2) is 170 Å². The molecule has 1 unspecified atom stereocenters. The van der Waals surface area contributed by atoms with E-state index >= 15 is 0 Å². The fourth-order valence-corrected chi connectivity index (χ4v) is 10.5. The SMILES string of the molecule is CC1(C)c2ccccc2-c2ccc(N(c3ccc4c(c3)C(C)(C)c3cccc(C5Cc6ccccc6-c6ccccc65)c3-4)c3cccc4ccccc34)cc21. The van der Waals surface area contributed by atoms with Gasteiger partial charge in [0, 0.05) is 33.5 Å². The Balaban J connectivity index is 1.10. The van der Waals surface area contributed by atoms with Crippen molar-refractivity contribution in [2.24, 2.45) is 0 Å². The number of hydrogen-bond acceptors (Lipinski definition) is 1. The molecule has 8 aromatic rings. The molecule has 3 aliphatic rings. The van der Waals surface area contributed by atoms with Crippen LogP contribution in [0.2, 0.25) is 0 Å². The summed E-state index contributed by atoms with van der Waals surface area (Å²) in [6.07, 6.45) is 1.00. The van der Waals surface area contributed by atoms with Crippen LogP contribution < -0.4 is 4.90 Å². The summed E-state index contributed by atoms with van der Waals surface area (Å²) in [5.41, 5.74) is 21.4. The Morgan fingerprint density at radius 2 is 1.00 bits per heavy atom. The first kappa shape index (κ1) is 32.3. The van der Waals surface area contributed by atoms with Crippen LogP contribution in [0.1, 0.15) is 72.6 Å². The first-order valence-corrected chi connectivity index (χ1v) is 19.8. The van der Waals surface area contributed by atoms with Crippen molar-refractivity contribution in [1.82, 2.24) is 0 Å². The molecule has 1 atom stereocenters. The maximum absolute atomic E-state index is 2.51. The van der Waals surface area contributed by atoms with Gasteiger partial charge in [-0.3, -0.25) is 0 Å². The highest BCUT2D eigenvalue weighted by Crippen LogP contribution is 2.56. The van der Waals surface area contributed by atoms with Gasteiger partial charge in [0.05, 0.1) is 5.69 Å². The van der Waals surface area contributed by atoms with Gasteiger partial charge in [0.25, 0.3) is 0 Å². The van der Waals surface area contributed by atoms with Gasteiger partial charge in [-0.2, -0.15) is 0 Å². The highest BCUT2D eigenvalue weighted by atomic mass is 15.1. The van der Waals surface area contributed by atoms with Crippen molar-refractivity contribution in [2.45, 2.75) is 50.9 Å². The van der Waals surface area contributed by atoms with Gasteiger partial charge in [-0.15, -0.1) is 0 Å². The Labute approximate surface area is 324 Å². The molecule has 1 nitrogen and oxygen atoms in total. The molecular formula is C54H43N. The average molecular weight is 706 g/mol. The zero-order valence-corrected chi connectivity index (χ0v) is 31.9. The first-order valence-electron chi connectivity index (χ1n) is 19.8. The van der Waals surface area contributed by atoms with Gasteiger partial charge in [-0.1, -0.05) is 167 Å². The molecule has 0 bridgehead atoms. The third kappa shape index (κ3) is 4.59. The van der Waals surface area contributed by atoms with Gasteiger partial charge in [-0.25, -0.2) is 0 Å². The summed E-state index contributed by atoms with van der Waals surface area (Å²) in [6, 6.07) is 64.1. The molecule has 0 radical (unpaired) electrons. The van der Waals surface area contributed by atoms with E-state index in [2.05, 4.69) is 202 Å². The number of rotatable bonds is 4. The Kier molecular flexibility index (Phi) is 6.84. The van der Waals surface area contributed by atoms with Crippen molar-refractivity contribution in [3.05, 3.63) is 209 Å². The smallest absolute Gasteiger partial charge is 0.0540 e. The van der Waals surface area contributed by atoms with E-state index in [4.69, 9.17) is 0 Å². The lowest BCUT2D eigenvalue weighted by Gasteiger charge is -2.30. The van der Waals surface area contributed by atoms with Crippen molar-refractivity contribution in [3.63, 3.8) is 0 Å². The molecule has 0 aromatic heterocycles. The van der Waals surface area contributed by atoms with Gasteiger partial charge >= 0.3 is 0 Å². The van der Waals surface area contributed by atoms with E-state index in [0.717, 1.165) is 6.42 Å². The van der Waals surface area contributed by atoms with Crippen LogP contribution in [-0.4, -0.2) is 0 Å². The lowest BCUT2D eigenvalue weighted by Crippen LogP contribution is -2.18. The minimum Gasteiger partial charge on any atom is -0.310 e. The standard InChI is InChI=1S/C54H43N/c1-53(2)47-24-12-11-22-42(47)43-29-27-36(32-49(43)53)55(51-26-13-17-34-15-5-8-19-39(34)51)37-28-30-45-50(33-37)54(3,4)48-25-14-23-44(52(45)48)46-31-35-16-6-7-18-38(35)40-20-9-10-21-41(40)46/h5-30,32-33,46H,31H2,1-4H3. The van der Waals surface area contributed by atoms with Gasteiger partial charge in [0.2, 0.25) is 0 Å². The third-order valence-electron chi connectivity index (χ3n) is 13.3. The van der Waals surface area contributed by atoms with E-state index in [1.54, 1.807) is 0 Å². The molecule has 11 rings (SSSR count). The summed E-state index contributed by atoms with van der Waals surface area (Å²) in [5.74, 6) is 0.286. The summed E-state index contributed by atoms with van der Waals surface area (Å²) in [7, 11) is 0.